The van der Waals surface area contributed by atoms with Crippen molar-refractivity contribution < 1.29 is 13.2 Å². The summed E-state index contributed by atoms with van der Waals surface area (Å²) in [6.45, 7) is 1.51. The largest absolute Gasteiger partial charge is 0.418 e. The molecule has 0 N–H and O–H groups in total. The fourth-order valence-corrected chi connectivity index (χ4v) is 1.19. The van der Waals surface area contributed by atoms with E-state index in [-0.39, 0.29) is 5.56 Å². The highest BCUT2D eigenvalue weighted by Gasteiger charge is 2.42. The first kappa shape index (κ1) is 10.7. The molecule has 76 valence electrons. The molecule has 5 heteroatoms. The molecule has 0 fully saturated rings. The molecule has 1 aromatic carbocycles. The molecular formula is C9H8F3NO. The Labute approximate surface area is 78.7 Å². The molecule has 0 heterocycles. The van der Waals surface area contributed by atoms with E-state index in [2.05, 4.69) is 5.18 Å². The number of alkyl halides is 3. The molecular weight excluding hydrogens is 195 g/mol. The van der Waals surface area contributed by atoms with Crippen molar-refractivity contribution in [2.45, 2.75) is 19.1 Å². The Bertz CT molecular complexity index is 335. The highest BCUT2D eigenvalue weighted by molar-refractivity contribution is 5.29. The molecule has 14 heavy (non-hydrogen) atoms. The molecule has 1 rings (SSSR count). The van der Waals surface area contributed by atoms with Crippen LogP contribution in [-0.2, 0) is 0 Å². The summed E-state index contributed by atoms with van der Waals surface area (Å²) in [5.74, 6) is 0. The van der Waals surface area contributed by atoms with Gasteiger partial charge in [0.1, 0.15) is 0 Å². The molecule has 0 saturated heterocycles. The van der Waals surface area contributed by atoms with Crippen molar-refractivity contribution in [3.63, 3.8) is 0 Å². The minimum Gasteiger partial charge on any atom is -0.168 e. The second-order valence-electron chi connectivity index (χ2n) is 2.91. The zero-order chi connectivity index (χ0) is 10.8. The Morgan fingerprint density at radius 3 is 2.29 bits per heavy atom. The molecule has 0 aliphatic rings. The highest BCUT2D eigenvalue weighted by Crippen LogP contribution is 2.36. The van der Waals surface area contributed by atoms with E-state index in [1.54, 1.807) is 6.07 Å². The van der Waals surface area contributed by atoms with Crippen molar-refractivity contribution in [1.82, 2.24) is 0 Å². The van der Waals surface area contributed by atoms with Crippen LogP contribution in [0.4, 0.5) is 13.2 Å². The lowest BCUT2D eigenvalue weighted by atomic mass is 10.0. The van der Waals surface area contributed by atoms with E-state index in [4.69, 9.17) is 0 Å². The first-order valence-electron chi connectivity index (χ1n) is 3.91. The van der Waals surface area contributed by atoms with E-state index >= 15 is 0 Å². The van der Waals surface area contributed by atoms with Gasteiger partial charge in [-0.2, -0.15) is 13.2 Å². The third kappa shape index (κ3) is 2.10. The van der Waals surface area contributed by atoms with Crippen LogP contribution in [-0.4, -0.2) is 6.18 Å². The lowest BCUT2D eigenvalue weighted by Crippen LogP contribution is -2.19. The average Bonchev–Trinajstić information content (AvgIpc) is 2.07. The number of halogens is 3. The number of nitrogens with zero attached hydrogens (tertiary/aromatic N) is 1. The molecule has 1 atom stereocenters. The fraction of sp³-hybridized carbons (Fsp3) is 0.333. The van der Waals surface area contributed by atoms with Gasteiger partial charge in [-0.3, -0.25) is 0 Å². The van der Waals surface area contributed by atoms with Gasteiger partial charge in [-0.05, 0) is 18.1 Å². The minimum absolute atomic E-state index is 0.0880. The number of benzene rings is 1. The molecule has 0 radical (unpaired) electrons. The van der Waals surface area contributed by atoms with Gasteiger partial charge in [-0.25, -0.2) is 0 Å². The highest BCUT2D eigenvalue weighted by atomic mass is 19.4. The Morgan fingerprint density at radius 2 is 1.86 bits per heavy atom. The minimum atomic E-state index is -4.62. The number of hydrogen-bond donors (Lipinski definition) is 0. The van der Waals surface area contributed by atoms with Crippen LogP contribution in [0.3, 0.4) is 0 Å². The molecule has 0 aromatic heterocycles. The summed E-state index contributed by atoms with van der Waals surface area (Å²) in [4.78, 5) is 10.1. The van der Waals surface area contributed by atoms with Crippen molar-refractivity contribution >= 4 is 0 Å². The van der Waals surface area contributed by atoms with Crippen LogP contribution >= 0.6 is 0 Å². The molecule has 2 nitrogen and oxygen atoms in total. The lowest BCUT2D eigenvalue weighted by Gasteiger charge is -2.14. The van der Waals surface area contributed by atoms with Crippen molar-refractivity contribution in [3.05, 3.63) is 40.3 Å². The third-order valence-corrected chi connectivity index (χ3v) is 1.90. The molecule has 0 amide bonds. The van der Waals surface area contributed by atoms with Crippen molar-refractivity contribution in [2.75, 3.05) is 0 Å². The van der Waals surface area contributed by atoms with Crippen LogP contribution in [0.25, 0.3) is 0 Å². The van der Waals surface area contributed by atoms with Gasteiger partial charge in [0.2, 0.25) is 6.04 Å². The SMILES string of the molecule is Cc1ccccc1C(N=O)C(F)(F)F. The predicted octanol–water partition coefficient (Wildman–Crippen LogP) is 3.36. The van der Waals surface area contributed by atoms with Gasteiger partial charge in [-0.15, -0.1) is 4.91 Å². The van der Waals surface area contributed by atoms with Crippen LogP contribution in [0.2, 0.25) is 0 Å². The van der Waals surface area contributed by atoms with Crippen molar-refractivity contribution in [1.29, 1.82) is 0 Å². The van der Waals surface area contributed by atoms with Crippen LogP contribution in [0, 0.1) is 11.8 Å². The summed E-state index contributed by atoms with van der Waals surface area (Å²) in [7, 11) is 0. The Balaban J connectivity index is 3.14. The van der Waals surface area contributed by atoms with Gasteiger partial charge in [0, 0.05) is 0 Å². The molecule has 0 aliphatic carbocycles. The Morgan fingerprint density at radius 1 is 1.29 bits per heavy atom. The maximum atomic E-state index is 12.3. The summed E-state index contributed by atoms with van der Waals surface area (Å²) in [5, 5.41) is 2.12. The predicted molar refractivity (Wildman–Crippen MR) is 45.8 cm³/mol. The monoisotopic (exact) mass is 203 g/mol. The lowest BCUT2D eigenvalue weighted by molar-refractivity contribution is -0.148. The second kappa shape index (κ2) is 3.77. The smallest absolute Gasteiger partial charge is 0.168 e. The molecule has 0 aliphatic heterocycles. The summed E-state index contributed by atoms with van der Waals surface area (Å²) in [6, 6.07) is 3.57. The van der Waals surface area contributed by atoms with Crippen LogP contribution in [0.15, 0.2) is 29.4 Å². The normalized spacial score (nSPS) is 13.7. The molecule has 1 aromatic rings. The van der Waals surface area contributed by atoms with Gasteiger partial charge in [-0.1, -0.05) is 29.4 Å². The summed E-state index contributed by atoms with van der Waals surface area (Å²) in [6.07, 6.45) is -4.62. The van der Waals surface area contributed by atoms with Crippen molar-refractivity contribution in [3.8, 4) is 0 Å². The topological polar surface area (TPSA) is 29.4 Å². The average molecular weight is 203 g/mol. The summed E-state index contributed by atoms with van der Waals surface area (Å²) < 4.78 is 36.9. The standard InChI is InChI=1S/C9H8F3NO/c1-6-4-2-3-5-7(6)8(13-14)9(10,11)12/h2-5,8H,1H3. The zero-order valence-electron chi connectivity index (χ0n) is 7.38. The van der Waals surface area contributed by atoms with Gasteiger partial charge in [0.25, 0.3) is 0 Å². The van der Waals surface area contributed by atoms with E-state index in [1.807, 2.05) is 0 Å². The first-order chi connectivity index (χ1) is 6.46. The maximum absolute atomic E-state index is 12.3. The van der Waals surface area contributed by atoms with E-state index in [9.17, 15) is 18.1 Å². The second-order valence-corrected chi connectivity index (χ2v) is 2.91. The number of aryl methyl sites for hydroxylation is 1. The van der Waals surface area contributed by atoms with E-state index in [0.29, 0.717) is 5.56 Å². The van der Waals surface area contributed by atoms with Crippen LogP contribution in [0.1, 0.15) is 17.2 Å². The molecule has 0 spiro atoms. The molecule has 0 bridgehead atoms. The molecule has 1 unspecified atom stereocenters. The van der Waals surface area contributed by atoms with E-state index in [0.717, 1.165) is 0 Å². The van der Waals surface area contributed by atoms with E-state index < -0.39 is 12.2 Å². The van der Waals surface area contributed by atoms with Gasteiger partial charge in [0.15, 0.2) is 0 Å². The molecule has 0 saturated carbocycles. The number of hydrogen-bond acceptors (Lipinski definition) is 2. The summed E-state index contributed by atoms with van der Waals surface area (Å²) >= 11 is 0. The number of rotatable bonds is 2. The van der Waals surface area contributed by atoms with Gasteiger partial charge < -0.3 is 0 Å². The first-order valence-corrected chi connectivity index (χ1v) is 3.91. The quantitative estimate of drug-likeness (QED) is 0.677. The third-order valence-electron chi connectivity index (χ3n) is 1.90. The van der Waals surface area contributed by atoms with Gasteiger partial charge in [0.05, 0.1) is 0 Å². The fourth-order valence-electron chi connectivity index (χ4n) is 1.19. The van der Waals surface area contributed by atoms with Crippen molar-refractivity contribution in [2.24, 2.45) is 5.18 Å². The maximum Gasteiger partial charge on any atom is 0.418 e. The number of nitroso groups, excluding NO2 is 1. The summed E-state index contributed by atoms with van der Waals surface area (Å²) in [5.41, 5.74) is 0.324. The van der Waals surface area contributed by atoms with E-state index in [1.165, 1.54) is 25.1 Å². The van der Waals surface area contributed by atoms with Crippen LogP contribution in [0.5, 0.6) is 0 Å². The zero-order valence-corrected chi connectivity index (χ0v) is 7.38. The van der Waals surface area contributed by atoms with Gasteiger partial charge >= 0.3 is 6.18 Å². The Hall–Kier alpha value is -1.39. The van der Waals surface area contributed by atoms with Crippen LogP contribution < -0.4 is 0 Å². The Kier molecular flexibility index (Phi) is 2.88.